The third kappa shape index (κ3) is 6.12. The van der Waals surface area contributed by atoms with E-state index < -0.39 is 0 Å². The van der Waals surface area contributed by atoms with Gasteiger partial charge in [0.1, 0.15) is 0 Å². The summed E-state index contributed by atoms with van der Waals surface area (Å²) in [7, 11) is 0. The van der Waals surface area contributed by atoms with E-state index >= 15 is 0 Å². The molecule has 3 heterocycles. The Morgan fingerprint density at radius 3 is 2.67 bits per heavy atom. The molecule has 2 aromatic rings. The molecule has 0 radical (unpaired) electrons. The van der Waals surface area contributed by atoms with Gasteiger partial charge in [-0.15, -0.1) is 0 Å². The molecule has 0 unspecified atom stereocenters. The number of nitrogens with one attached hydrogen (secondary N) is 1. The zero-order valence-electron chi connectivity index (χ0n) is 19.6. The molecule has 5 rings (SSSR count). The van der Waals surface area contributed by atoms with Crippen LogP contribution < -0.4 is 5.32 Å². The number of amides is 1. The third-order valence-corrected chi connectivity index (χ3v) is 7.35. The van der Waals surface area contributed by atoms with E-state index in [2.05, 4.69) is 57.6 Å². The van der Waals surface area contributed by atoms with Gasteiger partial charge in [-0.2, -0.15) is 0 Å². The van der Waals surface area contributed by atoms with Crippen molar-refractivity contribution < 1.29 is 14.3 Å². The fourth-order valence-electron chi connectivity index (χ4n) is 5.66. The van der Waals surface area contributed by atoms with E-state index in [1.807, 2.05) is 0 Å². The lowest BCUT2D eigenvalue weighted by Crippen LogP contribution is -2.50. The topological polar surface area (TPSA) is 54.0 Å². The van der Waals surface area contributed by atoms with Crippen LogP contribution in [0.5, 0.6) is 0 Å². The highest BCUT2D eigenvalue weighted by molar-refractivity contribution is 5.83. The van der Waals surface area contributed by atoms with Crippen molar-refractivity contribution >= 4 is 16.7 Å². The van der Waals surface area contributed by atoms with Crippen LogP contribution in [0, 0.1) is 11.8 Å². The Balaban J connectivity index is 1.25. The van der Waals surface area contributed by atoms with Gasteiger partial charge in [0.15, 0.2) is 0 Å². The fraction of sp³-hybridized carbons (Fsp3) is 0.593. The van der Waals surface area contributed by atoms with E-state index in [0.29, 0.717) is 12.5 Å². The molecule has 33 heavy (non-hydrogen) atoms. The minimum Gasteiger partial charge on any atom is -0.379 e. The van der Waals surface area contributed by atoms with Crippen LogP contribution >= 0.6 is 0 Å². The number of nitrogens with zero attached hydrogens (tertiary/aromatic N) is 2. The van der Waals surface area contributed by atoms with Gasteiger partial charge < -0.3 is 14.8 Å². The van der Waals surface area contributed by atoms with Crippen molar-refractivity contribution in [3.05, 3.63) is 48.0 Å². The van der Waals surface area contributed by atoms with Gasteiger partial charge >= 0.3 is 0 Å². The molecule has 1 amide bonds. The van der Waals surface area contributed by atoms with Crippen LogP contribution in [0.25, 0.3) is 10.8 Å². The Kier molecular flexibility index (Phi) is 7.57. The summed E-state index contributed by atoms with van der Waals surface area (Å²) in [5.74, 6) is 0.725. The molecule has 178 valence electrons. The zero-order valence-corrected chi connectivity index (χ0v) is 19.6. The molecular formula is C27H37N3O3. The molecule has 6 heteroatoms. The summed E-state index contributed by atoms with van der Waals surface area (Å²) in [5.41, 5.74) is 1.32. The van der Waals surface area contributed by atoms with Crippen molar-refractivity contribution in [2.45, 2.75) is 31.9 Å². The number of hydrogen-bond donors (Lipinski definition) is 1. The molecule has 0 bridgehead atoms. The molecule has 1 N–H and O–H groups in total. The van der Waals surface area contributed by atoms with Crippen molar-refractivity contribution in [2.24, 2.45) is 11.8 Å². The second-order valence-corrected chi connectivity index (χ2v) is 9.97. The summed E-state index contributed by atoms with van der Waals surface area (Å²) in [6, 6.07) is 15.3. The number of morpholine rings is 1. The van der Waals surface area contributed by atoms with Gasteiger partial charge in [0.25, 0.3) is 0 Å². The minimum atomic E-state index is 0.0339. The van der Waals surface area contributed by atoms with Gasteiger partial charge in [0.2, 0.25) is 5.91 Å². The first-order valence-electron chi connectivity index (χ1n) is 12.6. The summed E-state index contributed by atoms with van der Waals surface area (Å²) in [4.78, 5) is 18.1. The number of hydrogen-bond acceptors (Lipinski definition) is 5. The van der Waals surface area contributed by atoms with Gasteiger partial charge in [-0.3, -0.25) is 14.6 Å². The molecule has 2 aromatic carbocycles. The smallest absolute Gasteiger partial charge is 0.224 e. The second kappa shape index (κ2) is 11.0. The monoisotopic (exact) mass is 451 g/mol. The largest absolute Gasteiger partial charge is 0.379 e. The van der Waals surface area contributed by atoms with E-state index in [4.69, 9.17) is 9.47 Å². The Hall–Kier alpha value is -1.99. The maximum absolute atomic E-state index is 13.1. The fourth-order valence-corrected chi connectivity index (χ4v) is 5.66. The number of piperidine rings is 1. The van der Waals surface area contributed by atoms with E-state index in [1.54, 1.807) is 0 Å². The average Bonchev–Trinajstić information content (AvgIpc) is 3.37. The van der Waals surface area contributed by atoms with Gasteiger partial charge in [0, 0.05) is 52.4 Å². The van der Waals surface area contributed by atoms with Gasteiger partial charge in [0.05, 0.1) is 25.2 Å². The van der Waals surface area contributed by atoms with Crippen molar-refractivity contribution in [1.82, 2.24) is 15.1 Å². The summed E-state index contributed by atoms with van der Waals surface area (Å²) < 4.78 is 11.2. The Morgan fingerprint density at radius 2 is 1.85 bits per heavy atom. The molecule has 3 aliphatic rings. The lowest BCUT2D eigenvalue weighted by Gasteiger charge is -2.40. The van der Waals surface area contributed by atoms with Crippen LogP contribution in [-0.2, 0) is 20.8 Å². The van der Waals surface area contributed by atoms with Crippen molar-refractivity contribution in [1.29, 1.82) is 0 Å². The molecule has 3 saturated heterocycles. The summed E-state index contributed by atoms with van der Waals surface area (Å²) in [5, 5.41) is 5.76. The van der Waals surface area contributed by atoms with Crippen LogP contribution in [-0.4, -0.2) is 80.9 Å². The average molecular weight is 452 g/mol. The summed E-state index contributed by atoms with van der Waals surface area (Å²) in [6.07, 6.45) is 3.31. The quantitative estimate of drug-likeness (QED) is 0.702. The Morgan fingerprint density at radius 1 is 1.00 bits per heavy atom. The number of fused-ring (bicyclic) bond motifs is 1. The van der Waals surface area contributed by atoms with Crippen molar-refractivity contribution in [3.63, 3.8) is 0 Å². The highest BCUT2D eigenvalue weighted by Crippen LogP contribution is 2.26. The molecule has 0 spiro atoms. The molecule has 0 aromatic heterocycles. The molecule has 3 atom stereocenters. The van der Waals surface area contributed by atoms with Crippen LogP contribution in [0.3, 0.4) is 0 Å². The number of likely N-dealkylation sites (tertiary alicyclic amines) is 1. The maximum atomic E-state index is 13.1. The standard InChI is InChI=1S/C27H37N3O3/c31-27(28-16-26-6-3-11-33-26)25-15-22(18-29-9-12-32-13-10-29)19-30(20-25)17-21-7-8-23-4-1-2-5-24(23)14-21/h1-2,4-5,7-8,14,22,25-26H,3,6,9-13,15-20H2,(H,28,31)/t22-,25-,26+/m1/s1. The van der Waals surface area contributed by atoms with E-state index in [0.717, 1.165) is 78.4 Å². The first-order valence-corrected chi connectivity index (χ1v) is 12.6. The second-order valence-electron chi connectivity index (χ2n) is 9.97. The Bertz CT molecular complexity index is 924. The molecule has 3 aliphatic heterocycles. The summed E-state index contributed by atoms with van der Waals surface area (Å²) in [6.45, 7) is 8.90. The first-order chi connectivity index (χ1) is 16.2. The first kappa shape index (κ1) is 22.8. The van der Waals surface area contributed by atoms with Gasteiger partial charge in [-0.25, -0.2) is 0 Å². The molecular weight excluding hydrogens is 414 g/mol. The number of carbonyl (C=O) groups excluding carboxylic acids is 1. The molecule has 0 aliphatic carbocycles. The lowest BCUT2D eigenvalue weighted by atomic mass is 9.87. The van der Waals surface area contributed by atoms with Crippen molar-refractivity contribution in [3.8, 4) is 0 Å². The SMILES string of the molecule is O=C(NC[C@@H]1CCCO1)[C@@H]1C[C@H](CN2CCOCC2)CN(Cc2ccc3ccccc3c2)C1. The highest BCUT2D eigenvalue weighted by atomic mass is 16.5. The van der Waals surface area contributed by atoms with Crippen LogP contribution in [0.1, 0.15) is 24.8 Å². The van der Waals surface area contributed by atoms with Crippen LogP contribution in [0.2, 0.25) is 0 Å². The van der Waals surface area contributed by atoms with E-state index in [-0.39, 0.29) is 17.9 Å². The minimum absolute atomic E-state index is 0.0339. The van der Waals surface area contributed by atoms with Gasteiger partial charge in [-0.1, -0.05) is 36.4 Å². The predicted octanol–water partition coefficient (Wildman–Crippen LogP) is 2.91. The summed E-state index contributed by atoms with van der Waals surface area (Å²) >= 11 is 0. The number of carbonyl (C=O) groups is 1. The van der Waals surface area contributed by atoms with Crippen molar-refractivity contribution in [2.75, 3.05) is 59.1 Å². The Labute approximate surface area is 197 Å². The zero-order chi connectivity index (χ0) is 22.5. The molecule has 0 saturated carbocycles. The van der Waals surface area contributed by atoms with E-state index in [9.17, 15) is 4.79 Å². The number of ether oxygens (including phenoxy) is 2. The molecule has 6 nitrogen and oxygen atoms in total. The third-order valence-electron chi connectivity index (χ3n) is 7.35. The van der Waals surface area contributed by atoms with Crippen LogP contribution in [0.15, 0.2) is 42.5 Å². The highest BCUT2D eigenvalue weighted by Gasteiger charge is 2.33. The van der Waals surface area contributed by atoms with Crippen LogP contribution in [0.4, 0.5) is 0 Å². The van der Waals surface area contributed by atoms with E-state index in [1.165, 1.54) is 16.3 Å². The number of benzene rings is 2. The number of rotatable bonds is 7. The normalized spacial score (nSPS) is 27.1. The predicted molar refractivity (Wildman–Crippen MR) is 130 cm³/mol. The van der Waals surface area contributed by atoms with Gasteiger partial charge in [-0.05, 0) is 47.6 Å². The lowest BCUT2D eigenvalue weighted by molar-refractivity contribution is -0.128. The maximum Gasteiger partial charge on any atom is 0.224 e. The molecule has 3 fully saturated rings.